The molecule has 1 saturated heterocycles. The van der Waals surface area contributed by atoms with Crippen LogP contribution in [-0.2, 0) is 4.74 Å². The molecule has 1 N–H and O–H groups in total. The van der Waals surface area contributed by atoms with Crippen LogP contribution in [-0.4, -0.2) is 49.8 Å². The largest absolute Gasteiger partial charge is 0.385 e. The van der Waals surface area contributed by atoms with Crippen LogP contribution in [0.5, 0.6) is 0 Å². The average Bonchev–Trinajstić information content (AvgIpc) is 3.22. The molecule has 0 aromatic heterocycles. The zero-order chi connectivity index (χ0) is 12.6. The molecule has 2 unspecified atom stereocenters. The Morgan fingerprint density at radius 2 is 2.06 bits per heavy atom. The lowest BCUT2D eigenvalue weighted by atomic mass is 9.88. The van der Waals surface area contributed by atoms with Gasteiger partial charge in [-0.3, -0.25) is 4.90 Å². The molecule has 18 heavy (non-hydrogen) atoms. The Labute approximate surface area is 111 Å². The second kappa shape index (κ2) is 5.10. The van der Waals surface area contributed by atoms with Gasteiger partial charge in [-0.15, -0.1) is 0 Å². The minimum Gasteiger partial charge on any atom is -0.385 e. The van der Waals surface area contributed by atoms with Gasteiger partial charge in [-0.25, -0.2) is 0 Å². The maximum absolute atomic E-state index is 5.22. The van der Waals surface area contributed by atoms with Gasteiger partial charge in [-0.1, -0.05) is 0 Å². The predicted molar refractivity (Wildman–Crippen MR) is 73.7 cm³/mol. The lowest BCUT2D eigenvalue weighted by Crippen LogP contribution is -2.65. The van der Waals surface area contributed by atoms with Crippen molar-refractivity contribution >= 4 is 0 Å². The van der Waals surface area contributed by atoms with Crippen molar-refractivity contribution in [3.8, 4) is 0 Å². The maximum atomic E-state index is 5.22. The van der Waals surface area contributed by atoms with Gasteiger partial charge in [0, 0.05) is 44.9 Å². The molecule has 0 spiro atoms. The summed E-state index contributed by atoms with van der Waals surface area (Å²) in [5.74, 6) is 1.91. The zero-order valence-corrected chi connectivity index (χ0v) is 12.0. The Morgan fingerprint density at radius 1 is 1.28 bits per heavy atom. The highest BCUT2D eigenvalue weighted by atomic mass is 16.5. The van der Waals surface area contributed by atoms with Crippen LogP contribution in [0.3, 0.4) is 0 Å². The van der Waals surface area contributed by atoms with E-state index in [4.69, 9.17) is 4.74 Å². The molecule has 3 aliphatic rings. The Morgan fingerprint density at radius 3 is 2.67 bits per heavy atom. The molecule has 2 aliphatic carbocycles. The van der Waals surface area contributed by atoms with E-state index < -0.39 is 0 Å². The Balaban J connectivity index is 1.61. The fourth-order valence-corrected chi connectivity index (χ4v) is 3.63. The Bertz CT molecular complexity index is 288. The van der Waals surface area contributed by atoms with Crippen LogP contribution >= 0.6 is 0 Å². The topological polar surface area (TPSA) is 24.5 Å². The normalized spacial score (nSPS) is 38.0. The van der Waals surface area contributed by atoms with Crippen LogP contribution in [0.1, 0.15) is 39.0 Å². The molecule has 3 nitrogen and oxygen atoms in total. The first-order chi connectivity index (χ1) is 8.74. The van der Waals surface area contributed by atoms with Crippen molar-refractivity contribution < 1.29 is 4.74 Å². The van der Waals surface area contributed by atoms with E-state index in [0.29, 0.717) is 5.54 Å². The number of nitrogens with zero attached hydrogens (tertiary/aromatic N) is 1. The van der Waals surface area contributed by atoms with Crippen LogP contribution in [0.2, 0.25) is 0 Å². The molecule has 1 heterocycles. The molecule has 0 bridgehead atoms. The average molecular weight is 252 g/mol. The third kappa shape index (κ3) is 2.59. The first kappa shape index (κ1) is 12.9. The second-order valence-corrected chi connectivity index (χ2v) is 6.75. The molecule has 104 valence electrons. The second-order valence-electron chi connectivity index (χ2n) is 6.75. The highest BCUT2D eigenvalue weighted by Gasteiger charge is 2.49. The van der Waals surface area contributed by atoms with Gasteiger partial charge < -0.3 is 10.1 Å². The summed E-state index contributed by atoms with van der Waals surface area (Å²) in [6, 6.07) is 0.763. The van der Waals surface area contributed by atoms with E-state index in [1.54, 1.807) is 0 Å². The number of ether oxygens (including phenoxy) is 1. The van der Waals surface area contributed by atoms with Gasteiger partial charge in [0.25, 0.3) is 0 Å². The summed E-state index contributed by atoms with van der Waals surface area (Å²) < 4.78 is 5.22. The van der Waals surface area contributed by atoms with E-state index in [2.05, 4.69) is 17.1 Å². The number of rotatable bonds is 6. The van der Waals surface area contributed by atoms with Gasteiger partial charge in [-0.05, 0) is 50.9 Å². The first-order valence-electron chi connectivity index (χ1n) is 7.71. The lowest BCUT2D eigenvalue weighted by molar-refractivity contribution is 0.0239. The van der Waals surface area contributed by atoms with Crippen molar-refractivity contribution in [1.82, 2.24) is 10.2 Å². The van der Waals surface area contributed by atoms with Crippen molar-refractivity contribution in [3.63, 3.8) is 0 Å². The van der Waals surface area contributed by atoms with Gasteiger partial charge in [0.15, 0.2) is 0 Å². The number of nitrogens with one attached hydrogen (secondary N) is 1. The van der Waals surface area contributed by atoms with Gasteiger partial charge in [0.1, 0.15) is 0 Å². The maximum Gasteiger partial charge on any atom is 0.0474 e. The molecule has 0 amide bonds. The van der Waals surface area contributed by atoms with Crippen molar-refractivity contribution in [1.29, 1.82) is 0 Å². The van der Waals surface area contributed by atoms with E-state index in [1.807, 2.05) is 7.11 Å². The highest BCUT2D eigenvalue weighted by Crippen LogP contribution is 2.45. The summed E-state index contributed by atoms with van der Waals surface area (Å²) in [6.45, 7) is 7.06. The van der Waals surface area contributed by atoms with E-state index in [0.717, 1.165) is 24.5 Å². The summed E-state index contributed by atoms with van der Waals surface area (Å²) in [4.78, 5) is 2.78. The van der Waals surface area contributed by atoms with E-state index in [-0.39, 0.29) is 0 Å². The van der Waals surface area contributed by atoms with Crippen LogP contribution < -0.4 is 5.32 Å². The van der Waals surface area contributed by atoms with E-state index in [9.17, 15) is 0 Å². The molecule has 0 aromatic carbocycles. The Hall–Kier alpha value is -0.120. The number of methoxy groups -OCH3 is 1. The lowest BCUT2D eigenvalue weighted by Gasteiger charge is -2.49. The van der Waals surface area contributed by atoms with Crippen LogP contribution in [0.15, 0.2) is 0 Å². The monoisotopic (exact) mass is 252 g/mol. The molecule has 1 aliphatic heterocycles. The standard InChI is InChI=1S/C15H28N2O/c1-15(13-6-7-13)11-16-14(12-4-5-12)10-17(15)8-3-9-18-2/h12-14,16H,3-11H2,1-2H3. The highest BCUT2D eigenvalue weighted by molar-refractivity contribution is 5.06. The fraction of sp³-hybridized carbons (Fsp3) is 1.00. The van der Waals surface area contributed by atoms with Crippen molar-refractivity contribution in [2.24, 2.45) is 11.8 Å². The SMILES string of the molecule is COCCCN1CC(C2CC2)NCC1(C)C1CC1. The minimum absolute atomic E-state index is 0.416. The molecular weight excluding hydrogens is 224 g/mol. The summed E-state index contributed by atoms with van der Waals surface area (Å²) in [5, 5.41) is 3.84. The third-order valence-corrected chi connectivity index (χ3v) is 5.29. The summed E-state index contributed by atoms with van der Waals surface area (Å²) in [7, 11) is 1.81. The quantitative estimate of drug-likeness (QED) is 0.731. The zero-order valence-electron chi connectivity index (χ0n) is 12.0. The summed E-state index contributed by atoms with van der Waals surface area (Å²) in [6.07, 6.45) is 6.95. The molecule has 2 saturated carbocycles. The van der Waals surface area contributed by atoms with Gasteiger partial charge in [-0.2, -0.15) is 0 Å². The Kier molecular flexibility index (Phi) is 3.65. The van der Waals surface area contributed by atoms with Gasteiger partial charge in [0.2, 0.25) is 0 Å². The predicted octanol–water partition coefficient (Wildman–Crippen LogP) is 1.88. The number of hydrogen-bond acceptors (Lipinski definition) is 3. The molecule has 0 radical (unpaired) electrons. The van der Waals surface area contributed by atoms with Crippen LogP contribution in [0, 0.1) is 11.8 Å². The van der Waals surface area contributed by atoms with Crippen molar-refractivity contribution in [3.05, 3.63) is 0 Å². The van der Waals surface area contributed by atoms with Gasteiger partial charge in [0.05, 0.1) is 0 Å². The summed E-state index contributed by atoms with van der Waals surface area (Å²) >= 11 is 0. The molecule has 3 rings (SSSR count). The van der Waals surface area contributed by atoms with Crippen LogP contribution in [0.25, 0.3) is 0 Å². The van der Waals surface area contributed by atoms with E-state index in [1.165, 1.54) is 51.7 Å². The summed E-state index contributed by atoms with van der Waals surface area (Å²) in [5.41, 5.74) is 0.416. The smallest absolute Gasteiger partial charge is 0.0474 e. The molecule has 3 fully saturated rings. The van der Waals surface area contributed by atoms with E-state index >= 15 is 0 Å². The molecule has 3 heteroatoms. The molecule has 0 aromatic rings. The van der Waals surface area contributed by atoms with Gasteiger partial charge >= 0.3 is 0 Å². The van der Waals surface area contributed by atoms with Crippen molar-refractivity contribution in [2.75, 3.05) is 33.4 Å². The third-order valence-electron chi connectivity index (χ3n) is 5.29. The number of piperazine rings is 1. The first-order valence-corrected chi connectivity index (χ1v) is 7.71. The van der Waals surface area contributed by atoms with Crippen LogP contribution in [0.4, 0.5) is 0 Å². The number of hydrogen-bond donors (Lipinski definition) is 1. The molecular formula is C15H28N2O. The molecule has 2 atom stereocenters. The minimum atomic E-state index is 0.416. The fourth-order valence-electron chi connectivity index (χ4n) is 3.63. The van der Waals surface area contributed by atoms with Crippen molar-refractivity contribution in [2.45, 2.75) is 50.6 Å².